The largest absolute Gasteiger partial charge is 0.209 e. The molecule has 1 heterocycles. The Kier molecular flexibility index (Phi) is 3.06. The molecule has 2 aromatic rings. The lowest BCUT2D eigenvalue weighted by Crippen LogP contribution is -2.26. The fourth-order valence-corrected chi connectivity index (χ4v) is 3.04. The number of allylic oxidation sites excluding steroid dienone is 1. The minimum atomic E-state index is 0.0522. The number of rotatable bonds is 2. The maximum absolute atomic E-state index is 2.30. The fourth-order valence-electron chi connectivity index (χ4n) is 3.04. The monoisotopic (exact) mass is 262 g/mol. The van der Waals surface area contributed by atoms with E-state index in [9.17, 15) is 0 Å². The van der Waals surface area contributed by atoms with Crippen LogP contribution in [0, 0.1) is 0 Å². The minimum absolute atomic E-state index is 0.0522. The third-order valence-corrected chi connectivity index (χ3v) is 4.17. The average Bonchev–Trinajstić information content (AvgIpc) is 2.66. The van der Waals surface area contributed by atoms with Gasteiger partial charge in [-0.25, -0.2) is 0 Å². The van der Waals surface area contributed by atoms with Gasteiger partial charge in [-0.15, -0.1) is 0 Å². The molecule has 0 saturated carbocycles. The molecule has 1 heteroatoms. The molecule has 20 heavy (non-hydrogen) atoms. The lowest BCUT2D eigenvalue weighted by molar-refractivity contribution is -0.401. The van der Waals surface area contributed by atoms with Gasteiger partial charge in [-0.2, -0.15) is 4.58 Å². The molecule has 1 aliphatic rings. The molecule has 0 bridgehead atoms. The van der Waals surface area contributed by atoms with Crippen molar-refractivity contribution < 1.29 is 4.58 Å². The predicted octanol–water partition coefficient (Wildman–Crippen LogP) is 4.41. The van der Waals surface area contributed by atoms with Crippen LogP contribution in [-0.4, -0.2) is 17.3 Å². The van der Waals surface area contributed by atoms with Crippen molar-refractivity contribution in [2.75, 3.05) is 7.05 Å². The van der Waals surface area contributed by atoms with Crippen molar-refractivity contribution in [1.82, 2.24) is 0 Å². The van der Waals surface area contributed by atoms with E-state index in [-0.39, 0.29) is 5.41 Å². The van der Waals surface area contributed by atoms with Gasteiger partial charge in [0, 0.05) is 17.7 Å². The summed E-state index contributed by atoms with van der Waals surface area (Å²) in [6.07, 6.45) is 4.44. The Balaban J connectivity index is 2.03. The highest BCUT2D eigenvalue weighted by Crippen LogP contribution is 2.39. The van der Waals surface area contributed by atoms with E-state index < -0.39 is 0 Å². The van der Waals surface area contributed by atoms with Gasteiger partial charge in [-0.05, 0) is 25.5 Å². The molecule has 0 fully saturated rings. The summed E-state index contributed by atoms with van der Waals surface area (Å²) in [5, 5.41) is 0. The fraction of sp³-hybridized carbons (Fsp3) is 0.211. The summed E-state index contributed by atoms with van der Waals surface area (Å²) < 4.78 is 2.30. The molecule has 100 valence electrons. The van der Waals surface area contributed by atoms with E-state index in [2.05, 4.69) is 86.2 Å². The summed E-state index contributed by atoms with van der Waals surface area (Å²) in [6, 6.07) is 19.1. The van der Waals surface area contributed by atoms with E-state index >= 15 is 0 Å². The number of fused-ring (bicyclic) bond motifs is 1. The van der Waals surface area contributed by atoms with Crippen LogP contribution >= 0.6 is 0 Å². The molecular formula is C19H20N+. The topological polar surface area (TPSA) is 3.01 Å². The first-order valence-electron chi connectivity index (χ1n) is 7.04. The van der Waals surface area contributed by atoms with Crippen molar-refractivity contribution in [3.8, 4) is 0 Å². The lowest BCUT2D eigenvalue weighted by Gasteiger charge is -2.15. The van der Waals surface area contributed by atoms with Gasteiger partial charge in [0.25, 0.3) is 0 Å². The molecule has 0 radical (unpaired) electrons. The van der Waals surface area contributed by atoms with Gasteiger partial charge in [0.15, 0.2) is 5.71 Å². The molecule has 0 N–H and O–H groups in total. The summed E-state index contributed by atoms with van der Waals surface area (Å²) in [4.78, 5) is 0. The molecule has 0 unspecified atom stereocenters. The standard InChI is InChI=1S/C19H20N/c1-19(2)16-11-7-8-12-17(16)20(3)18(19)14-13-15-9-5-4-6-10-15/h4-14H,1-3H3/q+1. The second-order valence-electron chi connectivity index (χ2n) is 5.83. The van der Waals surface area contributed by atoms with E-state index in [1.165, 1.54) is 22.5 Å². The summed E-state index contributed by atoms with van der Waals surface area (Å²) in [5.74, 6) is 0. The Morgan fingerprint density at radius 3 is 2.20 bits per heavy atom. The summed E-state index contributed by atoms with van der Waals surface area (Å²) >= 11 is 0. The first-order valence-corrected chi connectivity index (χ1v) is 7.04. The highest BCUT2D eigenvalue weighted by atomic mass is 15.0. The zero-order valence-electron chi connectivity index (χ0n) is 12.3. The number of benzene rings is 2. The Hall–Kier alpha value is -2.15. The molecular weight excluding hydrogens is 242 g/mol. The van der Waals surface area contributed by atoms with Gasteiger partial charge in [-0.1, -0.05) is 48.5 Å². The molecule has 0 aromatic heterocycles. The molecule has 0 spiro atoms. The van der Waals surface area contributed by atoms with Gasteiger partial charge in [0.2, 0.25) is 5.69 Å². The minimum Gasteiger partial charge on any atom is -0.198 e. The second-order valence-corrected chi connectivity index (χ2v) is 5.83. The van der Waals surface area contributed by atoms with E-state index in [4.69, 9.17) is 0 Å². The Bertz CT molecular complexity index is 691. The van der Waals surface area contributed by atoms with Crippen LogP contribution in [-0.2, 0) is 5.41 Å². The zero-order chi connectivity index (χ0) is 14.2. The molecule has 0 amide bonds. The third-order valence-electron chi connectivity index (χ3n) is 4.17. The van der Waals surface area contributed by atoms with E-state index in [1.807, 2.05) is 6.07 Å². The van der Waals surface area contributed by atoms with Crippen molar-refractivity contribution >= 4 is 17.5 Å². The third kappa shape index (κ3) is 2.00. The highest BCUT2D eigenvalue weighted by molar-refractivity contribution is 6.05. The van der Waals surface area contributed by atoms with Crippen molar-refractivity contribution in [2.24, 2.45) is 0 Å². The van der Waals surface area contributed by atoms with Gasteiger partial charge in [-0.3, -0.25) is 0 Å². The molecule has 3 rings (SSSR count). The maximum Gasteiger partial charge on any atom is 0.209 e. The number of nitrogens with zero attached hydrogens (tertiary/aromatic N) is 1. The molecule has 0 saturated heterocycles. The van der Waals surface area contributed by atoms with Crippen molar-refractivity contribution in [3.63, 3.8) is 0 Å². The van der Waals surface area contributed by atoms with Crippen LogP contribution in [0.2, 0.25) is 0 Å². The van der Waals surface area contributed by atoms with Crippen LogP contribution in [0.1, 0.15) is 25.0 Å². The van der Waals surface area contributed by atoms with Crippen LogP contribution < -0.4 is 0 Å². The average molecular weight is 262 g/mol. The first kappa shape index (κ1) is 12.9. The van der Waals surface area contributed by atoms with Crippen molar-refractivity contribution in [1.29, 1.82) is 0 Å². The molecule has 0 aliphatic carbocycles. The number of hydrogen-bond donors (Lipinski definition) is 0. The summed E-state index contributed by atoms with van der Waals surface area (Å²) in [7, 11) is 2.15. The maximum atomic E-state index is 2.30. The van der Waals surface area contributed by atoms with Crippen LogP contribution in [0.25, 0.3) is 6.08 Å². The van der Waals surface area contributed by atoms with E-state index in [0.717, 1.165) is 0 Å². The number of para-hydroxylation sites is 1. The van der Waals surface area contributed by atoms with Gasteiger partial charge in [0.1, 0.15) is 7.05 Å². The SMILES string of the molecule is C[N+]1=C(C=Cc2ccccc2)C(C)(C)c2ccccc21. The highest BCUT2D eigenvalue weighted by Gasteiger charge is 2.42. The normalized spacial score (nSPS) is 16.8. The van der Waals surface area contributed by atoms with Crippen LogP contribution in [0.3, 0.4) is 0 Å². The van der Waals surface area contributed by atoms with E-state index in [1.54, 1.807) is 0 Å². The first-order chi connectivity index (χ1) is 9.60. The Morgan fingerprint density at radius 1 is 0.850 bits per heavy atom. The Labute approximate surface area is 120 Å². The molecule has 1 nitrogen and oxygen atoms in total. The van der Waals surface area contributed by atoms with Crippen molar-refractivity contribution in [3.05, 3.63) is 71.8 Å². The smallest absolute Gasteiger partial charge is 0.198 e. The molecule has 0 atom stereocenters. The Morgan fingerprint density at radius 2 is 1.50 bits per heavy atom. The van der Waals surface area contributed by atoms with Gasteiger partial charge in [0.05, 0.1) is 5.41 Å². The quantitative estimate of drug-likeness (QED) is 0.705. The van der Waals surface area contributed by atoms with Gasteiger partial charge < -0.3 is 0 Å². The van der Waals surface area contributed by atoms with Crippen molar-refractivity contribution in [2.45, 2.75) is 19.3 Å². The summed E-state index contributed by atoms with van der Waals surface area (Å²) in [6.45, 7) is 4.58. The second kappa shape index (κ2) is 4.75. The molecule has 2 aromatic carbocycles. The van der Waals surface area contributed by atoms with Crippen LogP contribution in [0.5, 0.6) is 0 Å². The van der Waals surface area contributed by atoms with Crippen LogP contribution in [0.15, 0.2) is 60.7 Å². The van der Waals surface area contributed by atoms with E-state index in [0.29, 0.717) is 0 Å². The summed E-state index contributed by atoms with van der Waals surface area (Å²) in [5.41, 5.74) is 5.33. The zero-order valence-corrected chi connectivity index (χ0v) is 12.3. The predicted molar refractivity (Wildman–Crippen MR) is 85.8 cm³/mol. The van der Waals surface area contributed by atoms with Crippen LogP contribution in [0.4, 0.5) is 5.69 Å². The van der Waals surface area contributed by atoms with Gasteiger partial charge >= 0.3 is 0 Å². The lowest BCUT2D eigenvalue weighted by atomic mass is 9.81. The number of hydrogen-bond acceptors (Lipinski definition) is 0. The molecule has 1 aliphatic heterocycles.